The summed E-state index contributed by atoms with van der Waals surface area (Å²) in [5.74, 6) is 0.0861. The third kappa shape index (κ3) is 5.59. The highest BCUT2D eigenvalue weighted by molar-refractivity contribution is 5.80. The van der Waals surface area contributed by atoms with Crippen LogP contribution in [0.2, 0.25) is 0 Å². The van der Waals surface area contributed by atoms with Crippen molar-refractivity contribution in [2.75, 3.05) is 31.6 Å². The number of carbonyl (C=O) groups is 2. The van der Waals surface area contributed by atoms with Crippen molar-refractivity contribution in [2.24, 2.45) is 0 Å². The molecular weight excluding hydrogens is 350 g/mol. The zero-order valence-corrected chi connectivity index (χ0v) is 16.5. The van der Waals surface area contributed by atoms with Gasteiger partial charge in [0, 0.05) is 44.8 Å². The molecule has 1 aliphatic heterocycles. The van der Waals surface area contributed by atoms with Crippen LogP contribution in [0.25, 0.3) is 0 Å². The Bertz CT molecular complexity index is 756. The predicted molar refractivity (Wildman–Crippen MR) is 112 cm³/mol. The molecule has 3 rings (SSSR count). The highest BCUT2D eigenvalue weighted by Gasteiger charge is 2.25. The molecule has 0 spiro atoms. The maximum atomic E-state index is 12.4. The van der Waals surface area contributed by atoms with Crippen LogP contribution in [0, 0.1) is 0 Å². The lowest BCUT2D eigenvalue weighted by Gasteiger charge is -2.38. The van der Waals surface area contributed by atoms with Crippen LogP contribution in [0.5, 0.6) is 0 Å². The monoisotopic (exact) mass is 379 g/mol. The topological polar surface area (TPSA) is 52.6 Å². The summed E-state index contributed by atoms with van der Waals surface area (Å²) >= 11 is 0. The van der Waals surface area contributed by atoms with Gasteiger partial charge < -0.3 is 15.1 Å². The summed E-state index contributed by atoms with van der Waals surface area (Å²) in [5, 5.41) is 2.85. The van der Waals surface area contributed by atoms with Crippen molar-refractivity contribution < 1.29 is 9.59 Å². The predicted octanol–water partition coefficient (Wildman–Crippen LogP) is 2.86. The van der Waals surface area contributed by atoms with Gasteiger partial charge in [-0.3, -0.25) is 9.59 Å². The maximum Gasteiger partial charge on any atom is 0.224 e. The number of para-hydroxylation sites is 1. The summed E-state index contributed by atoms with van der Waals surface area (Å²) < 4.78 is 0. The molecule has 2 amide bonds. The summed E-state index contributed by atoms with van der Waals surface area (Å²) in [7, 11) is 2.12. The molecule has 28 heavy (non-hydrogen) atoms. The van der Waals surface area contributed by atoms with Crippen molar-refractivity contribution in [1.82, 2.24) is 10.2 Å². The maximum absolute atomic E-state index is 12.4. The standard InChI is InChI=1S/C23H29N3O2/c1-25(20-10-6-3-7-11-20)21-13-16-26(17-14-21)23(28)12-15-24-22(27)18-19-8-4-2-5-9-19/h2-11,21H,12-18H2,1H3,(H,24,27). The molecule has 148 valence electrons. The molecular formula is C23H29N3O2. The van der Waals surface area contributed by atoms with E-state index in [1.807, 2.05) is 41.3 Å². The van der Waals surface area contributed by atoms with Crippen molar-refractivity contribution in [3.8, 4) is 0 Å². The largest absolute Gasteiger partial charge is 0.371 e. The van der Waals surface area contributed by atoms with Gasteiger partial charge in [-0.25, -0.2) is 0 Å². The number of rotatable bonds is 7. The smallest absolute Gasteiger partial charge is 0.224 e. The summed E-state index contributed by atoms with van der Waals surface area (Å²) in [6.07, 6.45) is 2.65. The van der Waals surface area contributed by atoms with Crippen LogP contribution < -0.4 is 10.2 Å². The number of benzene rings is 2. The molecule has 0 aliphatic carbocycles. The molecule has 1 saturated heterocycles. The van der Waals surface area contributed by atoms with E-state index in [9.17, 15) is 9.59 Å². The molecule has 1 heterocycles. The highest BCUT2D eigenvalue weighted by Crippen LogP contribution is 2.22. The Morgan fingerprint density at radius 1 is 1.00 bits per heavy atom. The van der Waals surface area contributed by atoms with Gasteiger partial charge in [0.05, 0.1) is 6.42 Å². The summed E-state index contributed by atoms with van der Waals surface area (Å²) in [6.45, 7) is 1.95. The molecule has 5 nitrogen and oxygen atoms in total. The number of anilines is 1. The van der Waals surface area contributed by atoms with Gasteiger partial charge >= 0.3 is 0 Å². The molecule has 0 atom stereocenters. The number of nitrogens with one attached hydrogen (secondary N) is 1. The number of hydrogen-bond acceptors (Lipinski definition) is 3. The van der Waals surface area contributed by atoms with Crippen molar-refractivity contribution in [2.45, 2.75) is 31.7 Å². The fraction of sp³-hybridized carbons (Fsp3) is 0.391. The SMILES string of the molecule is CN(c1ccccc1)C1CCN(C(=O)CCNC(=O)Cc2ccccc2)CC1. The number of likely N-dealkylation sites (tertiary alicyclic amines) is 1. The van der Waals surface area contributed by atoms with Gasteiger partial charge in [-0.15, -0.1) is 0 Å². The highest BCUT2D eigenvalue weighted by atomic mass is 16.2. The molecule has 0 aromatic heterocycles. The summed E-state index contributed by atoms with van der Waals surface area (Å²) in [6, 6.07) is 20.5. The van der Waals surface area contributed by atoms with Crippen molar-refractivity contribution in [1.29, 1.82) is 0 Å². The van der Waals surface area contributed by atoms with E-state index < -0.39 is 0 Å². The lowest BCUT2D eigenvalue weighted by molar-refractivity contribution is -0.132. The lowest BCUT2D eigenvalue weighted by Crippen LogP contribution is -2.46. The first kappa shape index (κ1) is 19.9. The minimum Gasteiger partial charge on any atom is -0.371 e. The Labute approximate surface area is 167 Å². The van der Waals surface area contributed by atoms with Crippen LogP contribution in [-0.2, 0) is 16.0 Å². The molecule has 2 aromatic rings. The van der Waals surface area contributed by atoms with Crippen molar-refractivity contribution in [3.63, 3.8) is 0 Å². The van der Waals surface area contributed by atoms with Crippen LogP contribution in [0.3, 0.4) is 0 Å². The van der Waals surface area contributed by atoms with Crippen LogP contribution in [-0.4, -0.2) is 49.4 Å². The van der Waals surface area contributed by atoms with Crippen LogP contribution >= 0.6 is 0 Å². The zero-order valence-electron chi connectivity index (χ0n) is 16.5. The first-order valence-electron chi connectivity index (χ1n) is 10.00. The minimum atomic E-state index is -0.0396. The minimum absolute atomic E-state index is 0.0396. The van der Waals surface area contributed by atoms with E-state index in [1.165, 1.54) is 5.69 Å². The van der Waals surface area contributed by atoms with E-state index in [4.69, 9.17) is 0 Å². The van der Waals surface area contributed by atoms with E-state index in [0.29, 0.717) is 25.4 Å². The number of nitrogens with zero attached hydrogens (tertiary/aromatic N) is 2. The summed E-state index contributed by atoms with van der Waals surface area (Å²) in [4.78, 5) is 28.7. The van der Waals surface area contributed by atoms with Crippen molar-refractivity contribution in [3.05, 3.63) is 66.2 Å². The fourth-order valence-electron chi connectivity index (χ4n) is 3.69. The zero-order chi connectivity index (χ0) is 19.8. The second-order valence-electron chi connectivity index (χ2n) is 7.32. The summed E-state index contributed by atoms with van der Waals surface area (Å²) in [5.41, 5.74) is 2.20. The van der Waals surface area contributed by atoms with Gasteiger partial charge in [0.25, 0.3) is 0 Å². The third-order valence-electron chi connectivity index (χ3n) is 5.40. The second kappa shape index (κ2) is 9.93. The van der Waals surface area contributed by atoms with Crippen LogP contribution in [0.4, 0.5) is 5.69 Å². The van der Waals surface area contributed by atoms with E-state index in [1.54, 1.807) is 0 Å². The Hall–Kier alpha value is -2.82. The van der Waals surface area contributed by atoms with E-state index >= 15 is 0 Å². The van der Waals surface area contributed by atoms with Gasteiger partial charge in [-0.2, -0.15) is 0 Å². The average Bonchev–Trinajstić information content (AvgIpc) is 2.74. The molecule has 1 fully saturated rings. The fourth-order valence-corrected chi connectivity index (χ4v) is 3.69. The molecule has 5 heteroatoms. The van der Waals surface area contributed by atoms with Gasteiger partial charge in [-0.1, -0.05) is 48.5 Å². The number of hydrogen-bond donors (Lipinski definition) is 1. The van der Waals surface area contributed by atoms with E-state index in [2.05, 4.69) is 41.5 Å². The third-order valence-corrected chi connectivity index (χ3v) is 5.40. The molecule has 2 aromatic carbocycles. The second-order valence-corrected chi connectivity index (χ2v) is 7.32. The number of carbonyl (C=O) groups excluding carboxylic acids is 2. The Morgan fingerprint density at radius 2 is 1.61 bits per heavy atom. The Morgan fingerprint density at radius 3 is 2.25 bits per heavy atom. The van der Waals surface area contributed by atoms with Crippen molar-refractivity contribution >= 4 is 17.5 Å². The molecule has 1 aliphatic rings. The van der Waals surface area contributed by atoms with Crippen LogP contribution in [0.15, 0.2) is 60.7 Å². The normalized spacial score (nSPS) is 14.5. The first-order valence-corrected chi connectivity index (χ1v) is 10.00. The first-order chi connectivity index (χ1) is 13.6. The molecule has 1 N–H and O–H groups in total. The molecule has 0 radical (unpaired) electrons. The van der Waals surface area contributed by atoms with E-state index in [0.717, 1.165) is 31.5 Å². The lowest BCUT2D eigenvalue weighted by atomic mass is 10.0. The molecule has 0 bridgehead atoms. The number of amides is 2. The Kier molecular flexibility index (Phi) is 7.06. The van der Waals surface area contributed by atoms with Crippen LogP contribution in [0.1, 0.15) is 24.8 Å². The molecule has 0 saturated carbocycles. The van der Waals surface area contributed by atoms with Gasteiger partial charge in [0.15, 0.2) is 0 Å². The van der Waals surface area contributed by atoms with Gasteiger partial charge in [0.2, 0.25) is 11.8 Å². The van der Waals surface area contributed by atoms with Gasteiger partial charge in [0.1, 0.15) is 0 Å². The number of piperidine rings is 1. The Balaban J connectivity index is 1.36. The van der Waals surface area contributed by atoms with E-state index in [-0.39, 0.29) is 11.8 Å². The quantitative estimate of drug-likeness (QED) is 0.805. The van der Waals surface area contributed by atoms with Gasteiger partial charge in [-0.05, 0) is 30.5 Å². The average molecular weight is 380 g/mol. The molecule has 0 unspecified atom stereocenters.